The Morgan fingerprint density at radius 1 is 0.852 bits per heavy atom. The van der Waals surface area contributed by atoms with Gasteiger partial charge in [-0.1, -0.05) is 57.0 Å². The van der Waals surface area contributed by atoms with Gasteiger partial charge in [-0.2, -0.15) is 9.97 Å². The molecular formula is C21H32N4O2. The lowest BCUT2D eigenvalue weighted by Gasteiger charge is -2.18. The molecule has 0 N–H and O–H groups in total. The molecule has 1 heterocycles. The summed E-state index contributed by atoms with van der Waals surface area (Å²) in [6.45, 7) is 6.92. The molecule has 0 aliphatic carbocycles. The Morgan fingerprint density at radius 3 is 2.26 bits per heavy atom. The van der Waals surface area contributed by atoms with Gasteiger partial charge in [-0.05, 0) is 12.8 Å². The van der Waals surface area contributed by atoms with Crippen molar-refractivity contribution in [3.05, 3.63) is 36.2 Å². The number of aromatic nitrogens is 3. The summed E-state index contributed by atoms with van der Waals surface area (Å²) in [7, 11) is 1.94. The molecular weight excluding hydrogens is 340 g/mol. The van der Waals surface area contributed by atoms with Crippen LogP contribution in [0.15, 0.2) is 30.3 Å². The van der Waals surface area contributed by atoms with Crippen LogP contribution in [0.25, 0.3) is 11.4 Å². The van der Waals surface area contributed by atoms with Crippen molar-refractivity contribution in [1.29, 1.82) is 0 Å². The molecule has 27 heavy (non-hydrogen) atoms. The number of hydrogen-bond acceptors (Lipinski definition) is 6. The molecule has 0 atom stereocenters. The topological polar surface area (TPSA) is 60.4 Å². The van der Waals surface area contributed by atoms with Crippen LogP contribution >= 0.6 is 0 Å². The molecule has 0 aliphatic heterocycles. The van der Waals surface area contributed by atoms with Crippen molar-refractivity contribution in [2.24, 2.45) is 0 Å². The van der Waals surface area contributed by atoms with Crippen molar-refractivity contribution in [2.75, 3.05) is 38.5 Å². The van der Waals surface area contributed by atoms with E-state index in [0.717, 1.165) is 50.3 Å². The molecule has 0 unspecified atom stereocenters. The van der Waals surface area contributed by atoms with Crippen LogP contribution in [-0.4, -0.2) is 48.6 Å². The van der Waals surface area contributed by atoms with Gasteiger partial charge in [0.1, 0.15) is 12.6 Å². The smallest absolute Gasteiger partial charge is 0.230 e. The van der Waals surface area contributed by atoms with Crippen molar-refractivity contribution in [3.8, 4) is 11.4 Å². The predicted octanol–water partition coefficient (Wildman–Crippen LogP) is 4.11. The SMILES string of the molecule is CCCCOCCc1nc(-c2ccccc2)nc(N(C)COCCCC)n1. The van der Waals surface area contributed by atoms with Gasteiger partial charge in [-0.25, -0.2) is 4.98 Å². The van der Waals surface area contributed by atoms with Crippen molar-refractivity contribution in [1.82, 2.24) is 15.0 Å². The lowest BCUT2D eigenvalue weighted by molar-refractivity contribution is 0.132. The molecule has 1 aromatic carbocycles. The third kappa shape index (κ3) is 7.61. The second kappa shape index (κ2) is 12.4. The minimum absolute atomic E-state index is 0.463. The molecule has 6 nitrogen and oxygen atoms in total. The first kappa shape index (κ1) is 21.3. The number of unbranched alkanes of at least 4 members (excludes halogenated alkanes) is 2. The highest BCUT2D eigenvalue weighted by Gasteiger charge is 2.12. The summed E-state index contributed by atoms with van der Waals surface area (Å²) >= 11 is 0. The maximum Gasteiger partial charge on any atom is 0.230 e. The number of ether oxygens (including phenoxy) is 2. The molecule has 0 radical (unpaired) electrons. The Bertz CT molecular complexity index is 652. The van der Waals surface area contributed by atoms with Gasteiger partial charge in [-0.3, -0.25) is 0 Å². The van der Waals surface area contributed by atoms with Gasteiger partial charge < -0.3 is 14.4 Å². The third-order valence-corrected chi connectivity index (χ3v) is 4.08. The second-order valence-electron chi connectivity index (χ2n) is 6.55. The fourth-order valence-electron chi connectivity index (χ4n) is 2.42. The summed E-state index contributed by atoms with van der Waals surface area (Å²) in [5.41, 5.74) is 0.981. The van der Waals surface area contributed by atoms with Crippen LogP contribution in [0.3, 0.4) is 0 Å². The number of benzene rings is 1. The minimum atomic E-state index is 0.463. The van der Waals surface area contributed by atoms with Gasteiger partial charge in [0.25, 0.3) is 0 Å². The van der Waals surface area contributed by atoms with Crippen molar-refractivity contribution < 1.29 is 9.47 Å². The molecule has 2 aromatic rings. The van der Waals surface area contributed by atoms with Gasteiger partial charge in [0.15, 0.2) is 5.82 Å². The fourth-order valence-corrected chi connectivity index (χ4v) is 2.42. The van der Waals surface area contributed by atoms with Gasteiger partial charge in [0, 0.05) is 32.2 Å². The van der Waals surface area contributed by atoms with Crippen LogP contribution in [-0.2, 0) is 15.9 Å². The van der Waals surface area contributed by atoms with Gasteiger partial charge in [-0.15, -0.1) is 0 Å². The van der Waals surface area contributed by atoms with E-state index in [4.69, 9.17) is 9.47 Å². The van der Waals surface area contributed by atoms with Crippen LogP contribution in [0.5, 0.6) is 0 Å². The summed E-state index contributed by atoms with van der Waals surface area (Å²) < 4.78 is 11.4. The maximum absolute atomic E-state index is 5.70. The summed E-state index contributed by atoms with van der Waals surface area (Å²) in [4.78, 5) is 15.8. The zero-order valence-electron chi connectivity index (χ0n) is 16.9. The van der Waals surface area contributed by atoms with Crippen LogP contribution in [0, 0.1) is 0 Å². The molecule has 0 saturated carbocycles. The normalized spacial score (nSPS) is 10.9. The van der Waals surface area contributed by atoms with Gasteiger partial charge in [0.05, 0.1) is 6.61 Å². The Labute approximate surface area is 163 Å². The Morgan fingerprint density at radius 2 is 1.56 bits per heavy atom. The van der Waals surface area contributed by atoms with E-state index in [9.17, 15) is 0 Å². The van der Waals surface area contributed by atoms with Crippen LogP contribution in [0.4, 0.5) is 5.95 Å². The summed E-state index contributed by atoms with van der Waals surface area (Å²) in [5, 5.41) is 0. The van der Waals surface area contributed by atoms with E-state index in [1.165, 1.54) is 0 Å². The highest BCUT2D eigenvalue weighted by atomic mass is 16.5. The fraction of sp³-hybridized carbons (Fsp3) is 0.571. The van der Waals surface area contributed by atoms with Crippen molar-refractivity contribution >= 4 is 5.95 Å². The van der Waals surface area contributed by atoms with Crippen molar-refractivity contribution in [3.63, 3.8) is 0 Å². The van der Waals surface area contributed by atoms with Crippen LogP contribution in [0.2, 0.25) is 0 Å². The van der Waals surface area contributed by atoms with E-state index in [1.54, 1.807) is 0 Å². The van der Waals surface area contributed by atoms with E-state index in [2.05, 4.69) is 28.8 Å². The summed E-state index contributed by atoms with van der Waals surface area (Å²) in [6, 6.07) is 9.99. The van der Waals surface area contributed by atoms with Gasteiger partial charge in [0.2, 0.25) is 5.95 Å². The maximum atomic E-state index is 5.70. The second-order valence-corrected chi connectivity index (χ2v) is 6.55. The van der Waals surface area contributed by atoms with E-state index >= 15 is 0 Å². The van der Waals surface area contributed by atoms with E-state index < -0.39 is 0 Å². The number of anilines is 1. The monoisotopic (exact) mass is 372 g/mol. The molecule has 2 rings (SSSR count). The average molecular weight is 373 g/mol. The van der Waals surface area contributed by atoms with Gasteiger partial charge >= 0.3 is 0 Å². The first-order valence-corrected chi connectivity index (χ1v) is 9.91. The lowest BCUT2D eigenvalue weighted by atomic mass is 10.2. The standard InChI is InChI=1S/C21H32N4O2/c1-4-6-14-26-16-13-19-22-20(18-11-9-8-10-12-18)24-21(23-19)25(3)17-27-15-7-5-2/h8-12H,4-7,13-17H2,1-3H3. The molecule has 0 bridgehead atoms. The quantitative estimate of drug-likeness (QED) is 0.389. The largest absolute Gasteiger partial charge is 0.381 e. The minimum Gasteiger partial charge on any atom is -0.381 e. The number of rotatable bonds is 13. The first-order valence-electron chi connectivity index (χ1n) is 9.91. The molecule has 0 aliphatic rings. The highest BCUT2D eigenvalue weighted by molar-refractivity contribution is 5.56. The zero-order chi connectivity index (χ0) is 19.3. The molecule has 0 saturated heterocycles. The summed E-state index contributed by atoms with van der Waals surface area (Å²) in [5.74, 6) is 2.06. The molecule has 0 fully saturated rings. The number of hydrogen-bond donors (Lipinski definition) is 0. The average Bonchev–Trinajstić information content (AvgIpc) is 2.71. The first-order chi connectivity index (χ1) is 13.2. The van der Waals surface area contributed by atoms with Crippen molar-refractivity contribution in [2.45, 2.75) is 46.0 Å². The third-order valence-electron chi connectivity index (χ3n) is 4.08. The van der Waals surface area contributed by atoms with E-state index in [-0.39, 0.29) is 0 Å². The summed E-state index contributed by atoms with van der Waals surface area (Å²) in [6.07, 6.45) is 5.06. The highest BCUT2D eigenvalue weighted by Crippen LogP contribution is 2.17. The molecule has 148 valence electrons. The van der Waals surface area contributed by atoms with Crippen LogP contribution in [0.1, 0.15) is 45.4 Å². The Kier molecular flexibility index (Phi) is 9.73. The Hall–Kier alpha value is -2.05. The Balaban J connectivity index is 2.10. The molecule has 0 spiro atoms. The van der Waals surface area contributed by atoms with E-state index in [1.807, 2.05) is 42.3 Å². The molecule has 1 aromatic heterocycles. The zero-order valence-corrected chi connectivity index (χ0v) is 16.9. The predicted molar refractivity (Wildman–Crippen MR) is 109 cm³/mol. The molecule has 0 amide bonds. The number of nitrogens with zero attached hydrogens (tertiary/aromatic N) is 4. The van der Waals surface area contributed by atoms with Crippen LogP contribution < -0.4 is 4.90 Å². The lowest BCUT2D eigenvalue weighted by Crippen LogP contribution is -2.24. The molecule has 6 heteroatoms. The van der Waals surface area contributed by atoms with E-state index in [0.29, 0.717) is 31.5 Å².